The van der Waals surface area contributed by atoms with Gasteiger partial charge in [0.05, 0.1) is 48.6 Å². The van der Waals surface area contributed by atoms with Gasteiger partial charge in [0, 0.05) is 24.9 Å². The maximum atomic E-state index is 11.9. The molecule has 0 bridgehead atoms. The van der Waals surface area contributed by atoms with Crippen molar-refractivity contribution in [2.75, 3.05) is 52.9 Å². The monoisotopic (exact) mass is 1280 g/mol. The van der Waals surface area contributed by atoms with Crippen LogP contribution in [0.25, 0.3) is 43.1 Å². The molecule has 0 aromatic heterocycles. The Balaban J connectivity index is 0.000000525. The quantitative estimate of drug-likeness (QED) is 0.0795. The van der Waals surface area contributed by atoms with E-state index in [1.54, 1.807) is 52.0 Å². The van der Waals surface area contributed by atoms with Crippen LogP contribution in [0.15, 0.2) is 166 Å². The van der Waals surface area contributed by atoms with Gasteiger partial charge < -0.3 is 61.3 Å². The first kappa shape index (κ1) is 72.5. The molecule has 4 radical (unpaired) electrons. The molecule has 0 spiro atoms. The summed E-state index contributed by atoms with van der Waals surface area (Å²) >= 11 is 0. The smallest absolute Gasteiger partial charge is 0.872 e. The Morgan fingerprint density at radius 3 is 0.650 bits per heavy atom. The summed E-state index contributed by atoms with van der Waals surface area (Å²) in [5.74, 6) is -0.579. The molecule has 80 heavy (non-hydrogen) atoms. The molecule has 8 aromatic carbocycles. The van der Waals surface area contributed by atoms with Crippen LogP contribution in [0.4, 0.5) is 0 Å². The normalized spacial score (nSPS) is 14.2. The molecule has 16 nitrogen and oxygen atoms in total. The number of aliphatic imine (C=N–C) groups is 4. The van der Waals surface area contributed by atoms with Crippen molar-refractivity contribution in [3.05, 3.63) is 168 Å². The summed E-state index contributed by atoms with van der Waals surface area (Å²) in [6.07, 6.45) is 5.61. The van der Waals surface area contributed by atoms with E-state index >= 15 is 0 Å². The Hall–Kier alpha value is -5.56. The summed E-state index contributed by atoms with van der Waals surface area (Å²) < 4.78 is 0. The van der Waals surface area contributed by atoms with Crippen molar-refractivity contribution in [3.63, 3.8) is 0 Å². The summed E-state index contributed by atoms with van der Waals surface area (Å²) in [7, 11) is 0. The molecule has 0 fully saturated rings. The van der Waals surface area contributed by atoms with E-state index in [0.29, 0.717) is 22.3 Å². The van der Waals surface area contributed by atoms with Crippen LogP contribution in [0.1, 0.15) is 49.9 Å². The molecule has 20 heteroatoms. The molecule has 436 valence electrons. The SMILES string of the molecule is C[C@@](C[O-])(CO)N=Cc1c([O-])ccc2ccccc12.C[C@@](C[O-])(CO)N=Cc1c([O-])ccc2ccccc12.C[C@](C[O-])(CO)N=Cc1c([O-])ccc2ccccc12.C[C@](C[O-])(CO)N=Cc1c([O-])ccc2ccccc12.[Cu+2].[Cu+2].[Cu+2].[Cu+2]. The van der Waals surface area contributed by atoms with Gasteiger partial charge in [-0.15, -0.1) is 26.4 Å². The van der Waals surface area contributed by atoms with Gasteiger partial charge in [-0.1, -0.05) is 169 Å². The second-order valence-corrected chi connectivity index (χ2v) is 19.0. The van der Waals surface area contributed by atoms with E-state index < -0.39 is 48.6 Å². The van der Waals surface area contributed by atoms with Gasteiger partial charge in [0.1, 0.15) is 0 Å². The average molecular weight is 1280 g/mol. The predicted molar refractivity (Wildman–Crippen MR) is 285 cm³/mol. The minimum atomic E-state index is -1.08. The maximum Gasteiger partial charge on any atom is 2.00 e. The Labute approximate surface area is 507 Å². The van der Waals surface area contributed by atoms with Crippen molar-refractivity contribution >= 4 is 67.9 Å². The Morgan fingerprint density at radius 2 is 0.487 bits per heavy atom. The van der Waals surface area contributed by atoms with Gasteiger partial charge >= 0.3 is 68.3 Å². The Morgan fingerprint density at radius 1 is 0.312 bits per heavy atom. The molecule has 0 saturated carbocycles. The van der Waals surface area contributed by atoms with E-state index in [4.69, 9.17) is 20.4 Å². The number of nitrogens with zero attached hydrogens (tertiary/aromatic N) is 4. The molecule has 8 aromatic rings. The van der Waals surface area contributed by atoms with Crippen LogP contribution in [0.2, 0.25) is 0 Å². The number of aliphatic hydroxyl groups excluding tert-OH is 4. The van der Waals surface area contributed by atoms with Crippen LogP contribution in [-0.2, 0) is 68.3 Å². The zero-order chi connectivity index (χ0) is 55.5. The minimum absolute atomic E-state index is 0. The topological polar surface area (TPSA) is 315 Å². The molecule has 0 unspecified atom stereocenters. The predicted octanol–water partition coefficient (Wildman–Crippen LogP) is 1.76. The van der Waals surface area contributed by atoms with Crippen molar-refractivity contribution in [1.29, 1.82) is 0 Å². The zero-order valence-electron chi connectivity index (χ0n) is 43.9. The molecule has 0 aliphatic heterocycles. The van der Waals surface area contributed by atoms with E-state index in [-0.39, 0.29) is 118 Å². The van der Waals surface area contributed by atoms with Crippen molar-refractivity contribution in [2.24, 2.45) is 20.0 Å². The Bertz CT molecular complexity index is 2870. The fourth-order valence-electron chi connectivity index (χ4n) is 7.01. The third-order valence-electron chi connectivity index (χ3n) is 12.4. The van der Waals surface area contributed by atoms with E-state index in [1.807, 2.05) is 97.1 Å². The summed E-state index contributed by atoms with van der Waals surface area (Å²) in [6.45, 7) is 2.77. The van der Waals surface area contributed by atoms with Gasteiger partial charge in [0.25, 0.3) is 0 Å². The number of benzene rings is 8. The van der Waals surface area contributed by atoms with E-state index in [0.717, 1.165) is 43.1 Å². The van der Waals surface area contributed by atoms with Crippen LogP contribution in [0.3, 0.4) is 0 Å². The number of hydrogen-bond donors (Lipinski definition) is 4. The first-order valence-electron chi connectivity index (χ1n) is 24.1. The largest absolute Gasteiger partial charge is 2.00 e. The van der Waals surface area contributed by atoms with E-state index in [2.05, 4.69) is 20.0 Å². The molecule has 0 heterocycles. The summed E-state index contributed by atoms with van der Waals surface area (Å²) in [5.41, 5.74) is -2.52. The molecular weight excluding hydrogens is 1220 g/mol. The van der Waals surface area contributed by atoms with Crippen molar-refractivity contribution < 1.29 is 130 Å². The molecule has 4 atom stereocenters. The Kier molecular flexibility index (Phi) is 30.8. The third-order valence-corrected chi connectivity index (χ3v) is 12.4. The summed E-state index contributed by atoms with van der Waals surface area (Å²) in [4.78, 5) is 16.3. The van der Waals surface area contributed by atoms with Crippen molar-refractivity contribution in [1.82, 2.24) is 0 Å². The molecule has 8 rings (SSSR count). The average Bonchev–Trinajstić information content (AvgIpc) is 3.46. The van der Waals surface area contributed by atoms with Gasteiger partial charge in [-0.2, -0.15) is 0 Å². The molecule has 0 aliphatic carbocycles. The first-order chi connectivity index (χ1) is 36.4. The van der Waals surface area contributed by atoms with E-state index in [1.165, 1.54) is 49.1 Å². The third kappa shape index (κ3) is 19.3. The fourth-order valence-corrected chi connectivity index (χ4v) is 7.01. The van der Waals surface area contributed by atoms with Crippen molar-refractivity contribution in [2.45, 2.75) is 49.9 Å². The number of rotatable bonds is 16. The fraction of sp³-hybridized carbons (Fsp3) is 0.267. The molecule has 0 saturated heterocycles. The number of fused-ring (bicyclic) bond motifs is 4. The van der Waals surface area contributed by atoms with Crippen LogP contribution in [0, 0.1) is 0 Å². The van der Waals surface area contributed by atoms with Crippen LogP contribution < -0.4 is 40.9 Å². The summed E-state index contributed by atoms with van der Waals surface area (Å²) in [6, 6.07) is 42.9. The molecule has 0 aliphatic rings. The van der Waals surface area contributed by atoms with E-state index in [9.17, 15) is 40.9 Å². The first-order valence-corrected chi connectivity index (χ1v) is 24.1. The number of hydrogen-bond acceptors (Lipinski definition) is 16. The standard InChI is InChI=1S/4C15H16NO3.4Cu/c4*1-15(9-17,10-18)16-8-13-12-5-3-2-4-11(12)6-7-14(13)19;;;;/h4*2-8,17,19H,9-10H2,1H3;;;;/q4*-1;4*+2/p-4/t4*15-;;;;/m1100..../s1. The molecule has 0 amide bonds. The zero-order valence-corrected chi connectivity index (χ0v) is 47.6. The van der Waals surface area contributed by atoms with Crippen LogP contribution >= 0.6 is 0 Å². The van der Waals surface area contributed by atoms with Gasteiger partial charge in [0.2, 0.25) is 0 Å². The second-order valence-electron chi connectivity index (χ2n) is 19.0. The summed E-state index contributed by atoms with van der Waals surface area (Å²) in [5, 5.41) is 135. The van der Waals surface area contributed by atoms with Gasteiger partial charge in [-0.05, 0) is 93.0 Å². The van der Waals surface area contributed by atoms with Crippen molar-refractivity contribution in [3.8, 4) is 23.0 Å². The van der Waals surface area contributed by atoms with Gasteiger partial charge in [-0.25, -0.2) is 0 Å². The van der Waals surface area contributed by atoms with Crippen LogP contribution in [-0.4, -0.2) is 120 Å². The second kappa shape index (κ2) is 34.0. The molecule has 4 N–H and O–H groups in total. The maximum absolute atomic E-state index is 11.9. The van der Waals surface area contributed by atoms with Gasteiger partial charge in [-0.3, -0.25) is 20.0 Å². The molecular formula is C60H60Cu4N4O12. The number of aliphatic hydroxyl groups is 4. The van der Waals surface area contributed by atoms with Gasteiger partial charge in [0.15, 0.2) is 0 Å². The van der Waals surface area contributed by atoms with Crippen LogP contribution in [0.5, 0.6) is 23.0 Å². The minimum Gasteiger partial charge on any atom is -0.872 e.